The van der Waals surface area contributed by atoms with E-state index in [1.54, 1.807) is 7.11 Å². The van der Waals surface area contributed by atoms with E-state index < -0.39 is 0 Å². The lowest BCUT2D eigenvalue weighted by Crippen LogP contribution is -1.85. The van der Waals surface area contributed by atoms with Crippen LogP contribution in [0.4, 0.5) is 0 Å². The van der Waals surface area contributed by atoms with Gasteiger partial charge >= 0.3 is 0 Å². The standard InChI is InChI=1S/C11H8BrNO/c1-14-11-8-9(4-2-3-7-13)5-6-10(11)12/h5-6,8H,3H2,1H3. The first-order chi connectivity index (χ1) is 6.77. The molecule has 0 amide bonds. The summed E-state index contributed by atoms with van der Waals surface area (Å²) < 4.78 is 6.01. The molecule has 0 N–H and O–H groups in total. The Hall–Kier alpha value is -1.45. The van der Waals surface area contributed by atoms with Crippen LogP contribution in [0.2, 0.25) is 0 Å². The Bertz CT molecular complexity index is 423. The molecule has 1 aromatic rings. The second-order valence-corrected chi connectivity index (χ2v) is 3.34. The summed E-state index contributed by atoms with van der Waals surface area (Å²) in [6.45, 7) is 0. The van der Waals surface area contributed by atoms with E-state index in [1.807, 2.05) is 24.3 Å². The maximum Gasteiger partial charge on any atom is 0.134 e. The zero-order chi connectivity index (χ0) is 10.4. The normalized spacial score (nSPS) is 8.36. The van der Waals surface area contributed by atoms with Gasteiger partial charge in [0.05, 0.1) is 24.1 Å². The fourth-order valence-corrected chi connectivity index (χ4v) is 1.33. The van der Waals surface area contributed by atoms with Crippen LogP contribution < -0.4 is 4.74 Å². The van der Waals surface area contributed by atoms with Crippen molar-refractivity contribution in [1.82, 2.24) is 0 Å². The molecular formula is C11H8BrNO. The molecule has 0 saturated carbocycles. The van der Waals surface area contributed by atoms with Gasteiger partial charge in [-0.15, -0.1) is 0 Å². The monoisotopic (exact) mass is 249 g/mol. The van der Waals surface area contributed by atoms with Gasteiger partial charge in [0.1, 0.15) is 5.75 Å². The zero-order valence-corrected chi connectivity index (χ0v) is 9.26. The van der Waals surface area contributed by atoms with Gasteiger partial charge in [-0.1, -0.05) is 11.8 Å². The summed E-state index contributed by atoms with van der Waals surface area (Å²) in [5, 5.41) is 8.30. The van der Waals surface area contributed by atoms with Crippen molar-refractivity contribution in [3.8, 4) is 23.7 Å². The van der Waals surface area contributed by atoms with E-state index in [2.05, 4.69) is 27.8 Å². The van der Waals surface area contributed by atoms with Gasteiger partial charge in [0.2, 0.25) is 0 Å². The van der Waals surface area contributed by atoms with Crippen molar-refractivity contribution in [2.75, 3.05) is 7.11 Å². The Kier molecular flexibility index (Phi) is 4.04. The first kappa shape index (κ1) is 10.6. The van der Waals surface area contributed by atoms with Gasteiger partial charge in [-0.25, -0.2) is 0 Å². The summed E-state index contributed by atoms with van der Waals surface area (Å²) >= 11 is 3.35. The van der Waals surface area contributed by atoms with Gasteiger partial charge in [0.25, 0.3) is 0 Å². The molecule has 0 aromatic heterocycles. The predicted molar refractivity (Wildman–Crippen MR) is 57.8 cm³/mol. The maximum absolute atomic E-state index is 8.30. The maximum atomic E-state index is 8.30. The Balaban J connectivity index is 2.92. The molecule has 1 aromatic carbocycles. The summed E-state index contributed by atoms with van der Waals surface area (Å²) in [5.41, 5.74) is 0.848. The summed E-state index contributed by atoms with van der Waals surface area (Å²) in [5.74, 6) is 6.36. The van der Waals surface area contributed by atoms with Crippen molar-refractivity contribution < 1.29 is 4.74 Å². The summed E-state index contributed by atoms with van der Waals surface area (Å²) in [6.07, 6.45) is 0.248. The molecule has 0 aliphatic rings. The molecule has 0 bridgehead atoms. The third kappa shape index (κ3) is 2.80. The van der Waals surface area contributed by atoms with Crippen molar-refractivity contribution in [3.63, 3.8) is 0 Å². The van der Waals surface area contributed by atoms with E-state index in [4.69, 9.17) is 10.00 Å². The Morgan fingerprint density at radius 1 is 1.50 bits per heavy atom. The summed E-state index contributed by atoms with van der Waals surface area (Å²) in [7, 11) is 1.60. The Labute approximate surface area is 91.6 Å². The predicted octanol–water partition coefficient (Wildman–Crippen LogP) is 2.72. The molecule has 2 nitrogen and oxygen atoms in total. The average molecular weight is 250 g/mol. The van der Waals surface area contributed by atoms with E-state index in [9.17, 15) is 0 Å². The van der Waals surface area contributed by atoms with Gasteiger partial charge in [0.15, 0.2) is 0 Å². The molecule has 0 heterocycles. The van der Waals surface area contributed by atoms with E-state index >= 15 is 0 Å². The Morgan fingerprint density at radius 2 is 2.29 bits per heavy atom. The van der Waals surface area contributed by atoms with E-state index in [0.29, 0.717) is 0 Å². The smallest absolute Gasteiger partial charge is 0.134 e. The molecular weight excluding hydrogens is 242 g/mol. The highest BCUT2D eigenvalue weighted by molar-refractivity contribution is 9.10. The fourth-order valence-electron chi connectivity index (χ4n) is 0.923. The van der Waals surface area contributed by atoms with Gasteiger partial charge in [-0.3, -0.25) is 0 Å². The second-order valence-electron chi connectivity index (χ2n) is 2.49. The number of nitrogens with zero attached hydrogens (tertiary/aromatic N) is 1. The van der Waals surface area contributed by atoms with Crippen LogP contribution in [-0.2, 0) is 0 Å². The van der Waals surface area contributed by atoms with Crippen LogP contribution in [0, 0.1) is 23.2 Å². The summed E-state index contributed by atoms with van der Waals surface area (Å²) in [6, 6.07) is 7.53. The number of hydrogen-bond acceptors (Lipinski definition) is 2. The quantitative estimate of drug-likeness (QED) is 0.718. The highest BCUT2D eigenvalue weighted by Crippen LogP contribution is 2.25. The lowest BCUT2D eigenvalue weighted by atomic mass is 10.2. The lowest BCUT2D eigenvalue weighted by molar-refractivity contribution is 0.412. The second kappa shape index (κ2) is 5.32. The van der Waals surface area contributed by atoms with Crippen LogP contribution in [0.1, 0.15) is 12.0 Å². The SMILES string of the molecule is COc1cc(C#CCC#N)ccc1Br. The minimum atomic E-state index is 0.248. The molecule has 14 heavy (non-hydrogen) atoms. The molecule has 0 spiro atoms. The van der Waals surface area contributed by atoms with Crippen molar-refractivity contribution in [3.05, 3.63) is 28.2 Å². The molecule has 70 valence electrons. The van der Waals surface area contributed by atoms with Crippen LogP contribution in [0.15, 0.2) is 22.7 Å². The number of rotatable bonds is 1. The van der Waals surface area contributed by atoms with Gasteiger partial charge < -0.3 is 4.74 Å². The molecule has 0 radical (unpaired) electrons. The average Bonchev–Trinajstić information content (AvgIpc) is 2.21. The van der Waals surface area contributed by atoms with Crippen LogP contribution in [0.3, 0.4) is 0 Å². The third-order valence-corrected chi connectivity index (χ3v) is 2.21. The van der Waals surface area contributed by atoms with Crippen molar-refractivity contribution in [1.29, 1.82) is 5.26 Å². The van der Waals surface area contributed by atoms with Crippen LogP contribution in [-0.4, -0.2) is 7.11 Å². The molecule has 3 heteroatoms. The number of ether oxygens (including phenoxy) is 1. The number of hydrogen-bond donors (Lipinski definition) is 0. The Morgan fingerprint density at radius 3 is 2.93 bits per heavy atom. The summed E-state index contributed by atoms with van der Waals surface area (Å²) in [4.78, 5) is 0. The van der Waals surface area contributed by atoms with Crippen molar-refractivity contribution >= 4 is 15.9 Å². The fraction of sp³-hybridized carbons (Fsp3) is 0.182. The number of halogens is 1. The van der Waals surface area contributed by atoms with Crippen LogP contribution in [0.25, 0.3) is 0 Å². The number of benzene rings is 1. The van der Waals surface area contributed by atoms with E-state index in [-0.39, 0.29) is 6.42 Å². The van der Waals surface area contributed by atoms with Gasteiger partial charge in [-0.05, 0) is 34.1 Å². The van der Waals surface area contributed by atoms with Gasteiger partial charge in [-0.2, -0.15) is 5.26 Å². The van der Waals surface area contributed by atoms with Gasteiger partial charge in [0, 0.05) is 5.56 Å². The molecule has 0 aliphatic heterocycles. The molecule has 1 rings (SSSR count). The topological polar surface area (TPSA) is 33.0 Å². The lowest BCUT2D eigenvalue weighted by Gasteiger charge is -2.02. The molecule has 0 unspecified atom stereocenters. The first-order valence-electron chi connectivity index (χ1n) is 3.97. The third-order valence-electron chi connectivity index (χ3n) is 1.55. The molecule has 0 fully saturated rings. The molecule has 0 atom stereocenters. The first-order valence-corrected chi connectivity index (χ1v) is 4.76. The minimum absolute atomic E-state index is 0.248. The van der Waals surface area contributed by atoms with E-state index in [1.165, 1.54) is 0 Å². The molecule has 0 aliphatic carbocycles. The largest absolute Gasteiger partial charge is 0.496 e. The van der Waals surface area contributed by atoms with Crippen LogP contribution in [0.5, 0.6) is 5.75 Å². The minimum Gasteiger partial charge on any atom is -0.496 e. The van der Waals surface area contributed by atoms with E-state index in [0.717, 1.165) is 15.8 Å². The van der Waals surface area contributed by atoms with Crippen LogP contribution >= 0.6 is 15.9 Å². The van der Waals surface area contributed by atoms with Crippen molar-refractivity contribution in [2.24, 2.45) is 0 Å². The highest BCUT2D eigenvalue weighted by atomic mass is 79.9. The van der Waals surface area contributed by atoms with Crippen molar-refractivity contribution in [2.45, 2.75) is 6.42 Å². The number of nitriles is 1. The highest BCUT2D eigenvalue weighted by Gasteiger charge is 1.98. The molecule has 0 saturated heterocycles. The number of methoxy groups -OCH3 is 1. The zero-order valence-electron chi connectivity index (χ0n) is 7.67.